The number of nitrogens with zero attached hydrogens (tertiary/aromatic N) is 3. The van der Waals surface area contributed by atoms with Gasteiger partial charge in [-0.1, -0.05) is 31.5 Å². The number of aromatic nitrogens is 3. The molecular formula is C25H25ClFN3O2S. The normalized spacial score (nSPS) is 14.8. The molecule has 8 heteroatoms. The molecule has 0 radical (unpaired) electrons. The van der Waals surface area contributed by atoms with E-state index in [0.717, 1.165) is 16.8 Å². The summed E-state index contributed by atoms with van der Waals surface area (Å²) in [6.45, 7) is 7.46. The minimum absolute atomic E-state index is 0.153. The van der Waals surface area contributed by atoms with Crippen LogP contribution in [0.4, 0.5) is 4.39 Å². The fourth-order valence-corrected chi connectivity index (χ4v) is 4.14. The molecule has 0 amide bonds. The van der Waals surface area contributed by atoms with Gasteiger partial charge >= 0.3 is 0 Å². The minimum atomic E-state index is -0.944. The van der Waals surface area contributed by atoms with Crippen LogP contribution in [-0.2, 0) is 5.41 Å². The number of hydrogen-bond donors (Lipinski definition) is 1. The summed E-state index contributed by atoms with van der Waals surface area (Å²) in [6.07, 6.45) is 7.31. The molecule has 0 aliphatic heterocycles. The van der Waals surface area contributed by atoms with E-state index in [-0.39, 0.29) is 5.83 Å². The molecule has 5 nitrogen and oxygen atoms in total. The first-order valence-electron chi connectivity index (χ1n) is 10.6. The van der Waals surface area contributed by atoms with Crippen molar-refractivity contribution in [1.82, 2.24) is 15.0 Å². The third-order valence-corrected chi connectivity index (χ3v) is 7.21. The highest BCUT2D eigenvalue weighted by Crippen LogP contribution is 2.40. The lowest BCUT2D eigenvalue weighted by Crippen LogP contribution is -2.43. The number of pyridine rings is 2. The first-order valence-corrected chi connectivity index (χ1v) is 11.8. The van der Waals surface area contributed by atoms with E-state index in [2.05, 4.69) is 9.97 Å². The number of halogens is 2. The number of allylic oxidation sites excluding steroid dienone is 4. The van der Waals surface area contributed by atoms with Crippen LogP contribution in [0.25, 0.3) is 16.8 Å². The van der Waals surface area contributed by atoms with Crippen molar-refractivity contribution in [3.05, 3.63) is 71.2 Å². The molecule has 1 aliphatic rings. The van der Waals surface area contributed by atoms with Crippen LogP contribution in [0.5, 0.6) is 0 Å². The Morgan fingerprint density at radius 2 is 1.82 bits per heavy atom. The second kappa shape index (κ2) is 9.05. The van der Waals surface area contributed by atoms with Gasteiger partial charge in [-0.2, -0.15) is 0 Å². The van der Waals surface area contributed by atoms with E-state index in [0.29, 0.717) is 39.6 Å². The van der Waals surface area contributed by atoms with Crippen LogP contribution in [-0.4, -0.2) is 25.7 Å². The summed E-state index contributed by atoms with van der Waals surface area (Å²) in [4.78, 5) is 13.7. The van der Waals surface area contributed by atoms with Gasteiger partial charge in [0, 0.05) is 41.1 Å². The molecule has 0 aromatic carbocycles. The van der Waals surface area contributed by atoms with Crippen LogP contribution in [0.2, 0.25) is 5.02 Å². The van der Waals surface area contributed by atoms with E-state index in [1.54, 1.807) is 38.4 Å². The molecule has 3 heterocycles. The van der Waals surface area contributed by atoms with Gasteiger partial charge in [-0.3, -0.25) is 4.98 Å². The molecule has 0 atom stereocenters. The zero-order valence-electron chi connectivity index (χ0n) is 18.9. The molecule has 0 unspecified atom stereocenters. The van der Waals surface area contributed by atoms with Crippen LogP contribution in [0.1, 0.15) is 52.1 Å². The summed E-state index contributed by atoms with van der Waals surface area (Å²) in [7, 11) is 0. The van der Waals surface area contributed by atoms with E-state index >= 15 is 0 Å². The lowest BCUT2D eigenvalue weighted by molar-refractivity contribution is 0.00777. The lowest BCUT2D eigenvalue weighted by atomic mass is 9.74. The van der Waals surface area contributed by atoms with Crippen LogP contribution >= 0.6 is 23.4 Å². The quantitative estimate of drug-likeness (QED) is 0.404. The molecule has 0 saturated carbocycles. The third kappa shape index (κ3) is 5.05. The SMILES string of the molecule is CC(C)(O)C(C)(C)c1ccc(-c2nc(C3=CC=C(F)CC3)oc2Sc2ccc(Cl)cn2)cn1. The topological polar surface area (TPSA) is 72.0 Å². The minimum Gasteiger partial charge on any atom is -0.429 e. The molecule has 0 saturated heterocycles. The molecule has 3 aromatic rings. The van der Waals surface area contributed by atoms with E-state index in [4.69, 9.17) is 21.0 Å². The lowest BCUT2D eigenvalue weighted by Gasteiger charge is -2.36. The van der Waals surface area contributed by atoms with Gasteiger partial charge in [-0.25, -0.2) is 14.4 Å². The summed E-state index contributed by atoms with van der Waals surface area (Å²) < 4.78 is 19.6. The Bertz CT molecular complexity index is 1210. The summed E-state index contributed by atoms with van der Waals surface area (Å²) in [6, 6.07) is 7.39. The van der Waals surface area contributed by atoms with Crippen LogP contribution in [0, 0.1) is 0 Å². The van der Waals surface area contributed by atoms with Crippen LogP contribution in [0.3, 0.4) is 0 Å². The summed E-state index contributed by atoms with van der Waals surface area (Å²) in [5, 5.41) is 12.4. The molecule has 4 rings (SSSR count). The van der Waals surface area contributed by atoms with Gasteiger partial charge in [0.25, 0.3) is 0 Å². The molecule has 0 spiro atoms. The molecular weight excluding hydrogens is 461 g/mol. The van der Waals surface area contributed by atoms with Gasteiger partial charge in [-0.05, 0) is 62.4 Å². The molecule has 3 aromatic heterocycles. The molecule has 0 fully saturated rings. The molecule has 1 aliphatic carbocycles. The van der Waals surface area contributed by atoms with Crippen molar-refractivity contribution in [3.8, 4) is 11.3 Å². The van der Waals surface area contributed by atoms with E-state index < -0.39 is 11.0 Å². The highest BCUT2D eigenvalue weighted by atomic mass is 35.5. The van der Waals surface area contributed by atoms with Crippen molar-refractivity contribution in [1.29, 1.82) is 0 Å². The predicted molar refractivity (Wildman–Crippen MR) is 129 cm³/mol. The van der Waals surface area contributed by atoms with Crippen LogP contribution in [0.15, 0.2) is 69.2 Å². The van der Waals surface area contributed by atoms with E-state index in [9.17, 15) is 9.50 Å². The van der Waals surface area contributed by atoms with Gasteiger partial charge < -0.3 is 9.52 Å². The predicted octanol–water partition coefficient (Wildman–Crippen LogP) is 7.02. The monoisotopic (exact) mass is 485 g/mol. The number of oxazole rings is 1. The summed E-state index contributed by atoms with van der Waals surface area (Å²) in [5.41, 5.74) is 1.51. The number of aliphatic hydroxyl groups is 1. The number of hydrogen-bond acceptors (Lipinski definition) is 6. The summed E-state index contributed by atoms with van der Waals surface area (Å²) in [5.74, 6) is 0.297. The second-order valence-electron chi connectivity index (χ2n) is 8.99. The Balaban J connectivity index is 1.73. The maximum atomic E-state index is 13.5. The van der Waals surface area contributed by atoms with Crippen molar-refractivity contribution in [2.24, 2.45) is 0 Å². The Hall–Kier alpha value is -2.48. The second-order valence-corrected chi connectivity index (χ2v) is 10.4. The Kier molecular flexibility index (Phi) is 6.49. The average molecular weight is 486 g/mol. The van der Waals surface area contributed by atoms with Crippen LogP contribution < -0.4 is 0 Å². The molecule has 1 N–H and O–H groups in total. The fraction of sp³-hybridized carbons (Fsp3) is 0.320. The number of rotatable bonds is 6. The highest BCUT2D eigenvalue weighted by Gasteiger charge is 2.37. The Morgan fingerprint density at radius 1 is 1.03 bits per heavy atom. The van der Waals surface area contributed by atoms with Gasteiger partial charge in [0.05, 0.1) is 10.6 Å². The summed E-state index contributed by atoms with van der Waals surface area (Å²) >= 11 is 7.30. The zero-order chi connectivity index (χ0) is 23.8. The molecule has 33 heavy (non-hydrogen) atoms. The standard InChI is InChI=1S/C25H25ClFN3O2S/c1-24(2,25(3,4)31)19-11-7-16(13-28-19)21-23(33-20-12-8-17(26)14-29-20)32-22(30-21)15-5-9-18(27)10-6-15/h5,7-9,11-14,31H,6,10H2,1-4H3. The van der Waals surface area contributed by atoms with Gasteiger partial charge in [0.15, 0.2) is 5.09 Å². The Labute approximate surface area is 201 Å². The maximum Gasteiger partial charge on any atom is 0.224 e. The largest absolute Gasteiger partial charge is 0.429 e. The average Bonchev–Trinajstić information content (AvgIpc) is 3.19. The molecule has 0 bridgehead atoms. The van der Waals surface area contributed by atoms with E-state index in [1.165, 1.54) is 17.8 Å². The third-order valence-electron chi connectivity index (χ3n) is 6.07. The van der Waals surface area contributed by atoms with Gasteiger partial charge in [-0.15, -0.1) is 0 Å². The fourth-order valence-electron chi connectivity index (χ4n) is 3.22. The van der Waals surface area contributed by atoms with Gasteiger partial charge in [0.1, 0.15) is 16.5 Å². The van der Waals surface area contributed by atoms with Crippen molar-refractivity contribution in [2.75, 3.05) is 0 Å². The van der Waals surface area contributed by atoms with Crippen molar-refractivity contribution >= 4 is 28.9 Å². The van der Waals surface area contributed by atoms with Gasteiger partial charge in [0.2, 0.25) is 5.89 Å². The molecule has 172 valence electrons. The smallest absolute Gasteiger partial charge is 0.224 e. The Morgan fingerprint density at radius 3 is 2.39 bits per heavy atom. The maximum absolute atomic E-state index is 13.5. The highest BCUT2D eigenvalue weighted by molar-refractivity contribution is 7.99. The first kappa shape index (κ1) is 23.7. The van der Waals surface area contributed by atoms with Crippen molar-refractivity contribution < 1.29 is 13.9 Å². The van der Waals surface area contributed by atoms with E-state index in [1.807, 2.05) is 32.0 Å². The van der Waals surface area contributed by atoms with Crippen molar-refractivity contribution in [2.45, 2.75) is 61.7 Å². The van der Waals surface area contributed by atoms with Crippen molar-refractivity contribution in [3.63, 3.8) is 0 Å². The zero-order valence-corrected chi connectivity index (χ0v) is 20.5. The first-order chi connectivity index (χ1) is 15.5.